The molecule has 0 amide bonds. The predicted octanol–water partition coefficient (Wildman–Crippen LogP) is 1.81. The lowest BCUT2D eigenvalue weighted by molar-refractivity contribution is 0.113. The summed E-state index contributed by atoms with van der Waals surface area (Å²) in [5.41, 5.74) is 0. The van der Waals surface area contributed by atoms with Crippen LogP contribution in [0.15, 0.2) is 24.3 Å². The largest absolute Gasteiger partial charge is 0.493 e. The Hall–Kier alpha value is -0.420. The highest BCUT2D eigenvalue weighted by Gasteiger charge is 2.01. The maximum Gasteiger partial charge on any atom is 0.120 e. The van der Waals surface area contributed by atoms with Crippen molar-refractivity contribution in [3.63, 3.8) is 0 Å². The van der Waals surface area contributed by atoms with Gasteiger partial charge in [0.05, 0.1) is 19.3 Å². The molecule has 1 unspecified atom stereocenters. The van der Waals surface area contributed by atoms with Gasteiger partial charge in [-0.3, -0.25) is 0 Å². The maximum absolute atomic E-state index is 9.08. The number of benzene rings is 1. The van der Waals surface area contributed by atoms with Crippen LogP contribution >= 0.6 is 23.4 Å². The van der Waals surface area contributed by atoms with Crippen LogP contribution in [0.4, 0.5) is 0 Å². The van der Waals surface area contributed by atoms with E-state index in [2.05, 4.69) is 0 Å². The Kier molecular flexibility index (Phi) is 6.64. The number of halogens is 1. The molecule has 0 saturated heterocycles. The highest BCUT2D eigenvalue weighted by atomic mass is 35.5. The molecule has 1 aromatic carbocycles. The van der Waals surface area contributed by atoms with Crippen LogP contribution in [0.5, 0.6) is 5.75 Å². The fourth-order valence-electron chi connectivity index (χ4n) is 1.05. The van der Waals surface area contributed by atoms with Crippen molar-refractivity contribution >= 4 is 23.4 Å². The van der Waals surface area contributed by atoms with Crippen molar-refractivity contribution in [2.45, 2.75) is 6.10 Å². The van der Waals surface area contributed by atoms with Crippen molar-refractivity contribution < 1.29 is 14.9 Å². The van der Waals surface area contributed by atoms with Crippen molar-refractivity contribution in [2.75, 3.05) is 24.7 Å². The summed E-state index contributed by atoms with van der Waals surface area (Å²) in [4.78, 5) is 0. The van der Waals surface area contributed by atoms with Gasteiger partial charge in [-0.15, -0.1) is 0 Å². The van der Waals surface area contributed by atoms with Gasteiger partial charge in [-0.25, -0.2) is 0 Å². The van der Waals surface area contributed by atoms with E-state index >= 15 is 0 Å². The summed E-state index contributed by atoms with van der Waals surface area (Å²) in [5.74, 6) is 2.04. The van der Waals surface area contributed by atoms with Crippen LogP contribution in [0.2, 0.25) is 5.02 Å². The molecule has 0 aliphatic rings. The van der Waals surface area contributed by atoms with E-state index in [4.69, 9.17) is 26.6 Å². The normalized spacial score (nSPS) is 12.4. The van der Waals surface area contributed by atoms with Crippen molar-refractivity contribution in [3.05, 3.63) is 29.3 Å². The first-order valence-corrected chi connectivity index (χ1v) is 6.50. The summed E-state index contributed by atoms with van der Waals surface area (Å²) in [7, 11) is 0. The lowest BCUT2D eigenvalue weighted by Crippen LogP contribution is -2.15. The molecular formula is C11H15ClO3S. The minimum absolute atomic E-state index is 0.192. The molecule has 5 heteroatoms. The van der Waals surface area contributed by atoms with Gasteiger partial charge in [0, 0.05) is 16.5 Å². The molecule has 0 saturated carbocycles. The van der Waals surface area contributed by atoms with E-state index in [1.807, 2.05) is 12.1 Å². The zero-order valence-electron chi connectivity index (χ0n) is 8.80. The van der Waals surface area contributed by atoms with E-state index in [9.17, 15) is 0 Å². The highest BCUT2D eigenvalue weighted by molar-refractivity contribution is 7.99. The molecule has 2 N–H and O–H groups in total. The lowest BCUT2D eigenvalue weighted by Gasteiger charge is -2.08. The molecule has 0 spiro atoms. The van der Waals surface area contributed by atoms with Crippen LogP contribution in [0.1, 0.15) is 0 Å². The topological polar surface area (TPSA) is 49.7 Å². The first-order valence-electron chi connectivity index (χ1n) is 4.97. The second-order valence-corrected chi connectivity index (χ2v) is 4.80. The molecule has 0 bridgehead atoms. The van der Waals surface area contributed by atoms with Gasteiger partial charge in [-0.05, 0) is 18.2 Å². The average Bonchev–Trinajstić information content (AvgIpc) is 2.28. The van der Waals surface area contributed by atoms with Crippen molar-refractivity contribution in [1.82, 2.24) is 0 Å². The van der Waals surface area contributed by atoms with Crippen LogP contribution in [-0.2, 0) is 0 Å². The highest BCUT2D eigenvalue weighted by Crippen LogP contribution is 2.17. The Labute approximate surface area is 104 Å². The minimum atomic E-state index is -0.642. The average molecular weight is 263 g/mol. The van der Waals surface area contributed by atoms with Gasteiger partial charge in [-0.1, -0.05) is 17.7 Å². The Morgan fingerprint density at radius 3 is 2.94 bits per heavy atom. The summed E-state index contributed by atoms with van der Waals surface area (Å²) in [6, 6.07) is 7.23. The molecule has 0 aliphatic carbocycles. The molecule has 3 nitrogen and oxygen atoms in total. The van der Waals surface area contributed by atoms with E-state index in [0.717, 1.165) is 11.5 Å². The van der Waals surface area contributed by atoms with Gasteiger partial charge in [0.2, 0.25) is 0 Å². The van der Waals surface area contributed by atoms with E-state index in [1.54, 1.807) is 23.9 Å². The van der Waals surface area contributed by atoms with Crippen molar-refractivity contribution in [2.24, 2.45) is 0 Å². The number of hydrogen-bond donors (Lipinski definition) is 2. The monoisotopic (exact) mass is 262 g/mol. The molecule has 0 heterocycles. The molecule has 0 aromatic heterocycles. The quantitative estimate of drug-likeness (QED) is 0.736. The Morgan fingerprint density at radius 2 is 2.25 bits per heavy atom. The number of rotatable bonds is 7. The molecule has 1 atom stereocenters. The number of hydrogen-bond acceptors (Lipinski definition) is 4. The van der Waals surface area contributed by atoms with Gasteiger partial charge in [0.15, 0.2) is 0 Å². The third-order valence-electron chi connectivity index (χ3n) is 1.81. The summed E-state index contributed by atoms with van der Waals surface area (Å²) in [6.07, 6.45) is -0.642. The molecule has 1 rings (SSSR count). The number of ether oxygens (including phenoxy) is 1. The van der Waals surface area contributed by atoms with Gasteiger partial charge < -0.3 is 14.9 Å². The summed E-state index contributed by atoms with van der Waals surface area (Å²) >= 11 is 7.34. The number of thioether (sulfide) groups is 1. The van der Waals surface area contributed by atoms with Gasteiger partial charge >= 0.3 is 0 Å². The summed E-state index contributed by atoms with van der Waals surface area (Å²) < 4.78 is 5.45. The zero-order chi connectivity index (χ0) is 11.8. The third-order valence-corrected chi connectivity index (χ3v) is 3.12. The van der Waals surface area contributed by atoms with Crippen LogP contribution in [0.25, 0.3) is 0 Å². The maximum atomic E-state index is 9.08. The zero-order valence-corrected chi connectivity index (χ0v) is 10.4. The van der Waals surface area contributed by atoms with E-state index in [1.165, 1.54) is 0 Å². The Balaban J connectivity index is 2.12. The first-order chi connectivity index (χ1) is 7.72. The smallest absolute Gasteiger partial charge is 0.120 e. The van der Waals surface area contributed by atoms with Crippen LogP contribution in [0.3, 0.4) is 0 Å². The second kappa shape index (κ2) is 7.79. The number of aliphatic hydroxyl groups excluding tert-OH is 2. The fraction of sp³-hybridized carbons (Fsp3) is 0.455. The molecule has 0 radical (unpaired) electrons. The van der Waals surface area contributed by atoms with E-state index in [-0.39, 0.29) is 6.61 Å². The van der Waals surface area contributed by atoms with E-state index in [0.29, 0.717) is 17.4 Å². The lowest BCUT2D eigenvalue weighted by atomic mass is 10.3. The van der Waals surface area contributed by atoms with Crippen molar-refractivity contribution in [3.8, 4) is 5.75 Å². The summed E-state index contributed by atoms with van der Waals surface area (Å²) in [5, 5.41) is 18.3. The molecular weight excluding hydrogens is 248 g/mol. The van der Waals surface area contributed by atoms with Crippen LogP contribution in [-0.4, -0.2) is 41.0 Å². The third kappa shape index (κ3) is 5.61. The van der Waals surface area contributed by atoms with Crippen molar-refractivity contribution in [1.29, 1.82) is 0 Å². The SMILES string of the molecule is OCC(O)CSCCOc1cccc(Cl)c1. The fourth-order valence-corrected chi connectivity index (χ4v) is 1.97. The van der Waals surface area contributed by atoms with Crippen LogP contribution < -0.4 is 4.74 Å². The molecule has 0 fully saturated rings. The Bertz CT molecular complexity index is 309. The van der Waals surface area contributed by atoms with Gasteiger partial charge in [0.25, 0.3) is 0 Å². The summed E-state index contributed by atoms with van der Waals surface area (Å²) in [6.45, 7) is 0.366. The second-order valence-electron chi connectivity index (χ2n) is 3.22. The minimum Gasteiger partial charge on any atom is -0.493 e. The van der Waals surface area contributed by atoms with Gasteiger partial charge in [-0.2, -0.15) is 11.8 Å². The molecule has 1 aromatic rings. The Morgan fingerprint density at radius 1 is 1.44 bits per heavy atom. The van der Waals surface area contributed by atoms with Crippen LogP contribution in [0, 0.1) is 0 Å². The molecule has 0 aliphatic heterocycles. The predicted molar refractivity (Wildman–Crippen MR) is 67.4 cm³/mol. The van der Waals surface area contributed by atoms with E-state index < -0.39 is 6.10 Å². The van der Waals surface area contributed by atoms with Gasteiger partial charge in [0.1, 0.15) is 5.75 Å². The molecule has 16 heavy (non-hydrogen) atoms. The first kappa shape index (κ1) is 13.6. The number of aliphatic hydroxyl groups is 2. The molecule has 90 valence electrons. The standard InChI is InChI=1S/C11H15ClO3S/c12-9-2-1-3-11(6-9)15-4-5-16-8-10(14)7-13/h1-3,6,10,13-14H,4-5,7-8H2.